The lowest BCUT2D eigenvalue weighted by Crippen LogP contribution is -2.12. The van der Waals surface area contributed by atoms with E-state index in [1.807, 2.05) is 26.0 Å². The lowest BCUT2D eigenvalue weighted by Gasteiger charge is -2.03. The highest BCUT2D eigenvalue weighted by atomic mass is 35.5. The molecule has 6 nitrogen and oxygen atoms in total. The molecule has 0 fully saturated rings. The van der Waals surface area contributed by atoms with Gasteiger partial charge in [0.1, 0.15) is 0 Å². The van der Waals surface area contributed by atoms with Crippen molar-refractivity contribution in [3.05, 3.63) is 62.2 Å². The number of non-ortho nitro benzene ring substituents is 1. The summed E-state index contributed by atoms with van der Waals surface area (Å²) in [7, 11) is 0. The van der Waals surface area contributed by atoms with Crippen molar-refractivity contribution in [1.29, 1.82) is 0 Å². The van der Waals surface area contributed by atoms with Gasteiger partial charge in [-0.2, -0.15) is 0 Å². The van der Waals surface area contributed by atoms with E-state index in [-0.39, 0.29) is 16.3 Å². The van der Waals surface area contributed by atoms with E-state index >= 15 is 0 Å². The third-order valence-electron chi connectivity index (χ3n) is 3.46. The second-order valence-corrected chi connectivity index (χ2v) is 6.76. The van der Waals surface area contributed by atoms with Gasteiger partial charge in [-0.25, -0.2) is 4.98 Å². The number of fused-ring (bicyclic) bond motifs is 1. The van der Waals surface area contributed by atoms with Crippen molar-refractivity contribution >= 4 is 49.9 Å². The van der Waals surface area contributed by atoms with E-state index in [2.05, 4.69) is 10.3 Å². The lowest BCUT2D eigenvalue weighted by molar-refractivity contribution is -0.384. The number of hydrogen-bond acceptors (Lipinski definition) is 5. The molecule has 0 radical (unpaired) electrons. The molecule has 3 aromatic rings. The van der Waals surface area contributed by atoms with Crippen molar-refractivity contribution in [1.82, 2.24) is 4.98 Å². The Morgan fingerprint density at radius 3 is 2.71 bits per heavy atom. The van der Waals surface area contributed by atoms with Crippen molar-refractivity contribution in [2.24, 2.45) is 0 Å². The number of anilines is 1. The number of nitro benzene ring substituents is 1. The predicted octanol–water partition coefficient (Wildman–Crippen LogP) is 4.73. The Bertz CT molecular complexity index is 984. The maximum Gasteiger partial charge on any atom is 0.270 e. The molecular weight excluding hydrogens is 350 g/mol. The summed E-state index contributed by atoms with van der Waals surface area (Å²) in [6.07, 6.45) is 0. The largest absolute Gasteiger partial charge is 0.298 e. The van der Waals surface area contributed by atoms with Crippen LogP contribution in [-0.4, -0.2) is 15.8 Å². The van der Waals surface area contributed by atoms with Gasteiger partial charge in [0.15, 0.2) is 5.13 Å². The molecular formula is C16H12ClN3O3S. The molecule has 0 aliphatic heterocycles. The molecule has 1 N–H and O–H groups in total. The molecule has 8 heteroatoms. The van der Waals surface area contributed by atoms with Gasteiger partial charge in [-0.15, -0.1) is 0 Å². The summed E-state index contributed by atoms with van der Waals surface area (Å²) in [5, 5.41) is 13.9. The Kier molecular flexibility index (Phi) is 4.21. The number of benzene rings is 2. The van der Waals surface area contributed by atoms with Crippen molar-refractivity contribution in [2.45, 2.75) is 13.8 Å². The van der Waals surface area contributed by atoms with E-state index in [0.717, 1.165) is 27.4 Å². The third-order valence-corrected chi connectivity index (χ3v) is 4.69. The summed E-state index contributed by atoms with van der Waals surface area (Å²) in [5.74, 6) is -0.455. The van der Waals surface area contributed by atoms with E-state index in [4.69, 9.17) is 11.6 Å². The number of aromatic nitrogens is 1. The number of aryl methyl sites for hydroxylation is 2. The topological polar surface area (TPSA) is 85.1 Å². The number of amides is 1. The summed E-state index contributed by atoms with van der Waals surface area (Å²) in [6, 6.07) is 7.77. The smallest absolute Gasteiger partial charge is 0.270 e. The van der Waals surface area contributed by atoms with Crippen molar-refractivity contribution in [3.63, 3.8) is 0 Å². The third kappa shape index (κ3) is 3.08. The maximum absolute atomic E-state index is 12.3. The number of hydrogen-bond donors (Lipinski definition) is 1. The second-order valence-electron chi connectivity index (χ2n) is 5.32. The van der Waals surface area contributed by atoms with Crippen molar-refractivity contribution < 1.29 is 9.72 Å². The van der Waals surface area contributed by atoms with Crippen LogP contribution in [0.5, 0.6) is 0 Å². The molecule has 0 saturated carbocycles. The molecule has 3 rings (SSSR count). The minimum Gasteiger partial charge on any atom is -0.298 e. The van der Waals surface area contributed by atoms with Crippen LogP contribution in [0.25, 0.3) is 10.2 Å². The fourth-order valence-electron chi connectivity index (χ4n) is 2.39. The average molecular weight is 362 g/mol. The minimum absolute atomic E-state index is 0.0230. The number of nitrogens with one attached hydrogen (secondary N) is 1. The number of rotatable bonds is 3. The molecule has 1 aromatic heterocycles. The van der Waals surface area contributed by atoms with Gasteiger partial charge in [-0.05, 0) is 37.1 Å². The minimum atomic E-state index is -0.563. The van der Waals surface area contributed by atoms with E-state index in [9.17, 15) is 14.9 Å². The molecule has 24 heavy (non-hydrogen) atoms. The van der Waals surface area contributed by atoms with E-state index in [1.165, 1.54) is 23.5 Å². The van der Waals surface area contributed by atoms with Crippen LogP contribution < -0.4 is 5.32 Å². The number of nitrogens with zero attached hydrogens (tertiary/aromatic N) is 2. The Hall–Kier alpha value is -2.51. The first kappa shape index (κ1) is 16.4. The normalized spacial score (nSPS) is 10.8. The highest BCUT2D eigenvalue weighted by Gasteiger charge is 2.17. The van der Waals surface area contributed by atoms with Crippen LogP contribution in [0.15, 0.2) is 30.3 Å². The molecule has 0 bridgehead atoms. The van der Waals surface area contributed by atoms with E-state index in [0.29, 0.717) is 5.13 Å². The SMILES string of the molecule is Cc1cc(C)c2nc(NC(=O)c3ccc([N+](=O)[O-])cc3Cl)sc2c1. The van der Waals surface area contributed by atoms with Gasteiger partial charge in [0.2, 0.25) is 0 Å². The summed E-state index contributed by atoms with van der Waals surface area (Å²) in [5.41, 5.74) is 3.00. The van der Waals surface area contributed by atoms with Crippen LogP contribution in [0.3, 0.4) is 0 Å². The monoisotopic (exact) mass is 361 g/mol. The standard InChI is InChI=1S/C16H12ClN3O3S/c1-8-5-9(2)14-13(6-8)24-16(18-14)19-15(21)11-4-3-10(20(22)23)7-12(11)17/h3-7H,1-2H3,(H,18,19,21). The first-order valence-electron chi connectivity index (χ1n) is 6.98. The zero-order chi connectivity index (χ0) is 17.4. The zero-order valence-electron chi connectivity index (χ0n) is 12.8. The van der Waals surface area contributed by atoms with Crippen LogP contribution in [0.1, 0.15) is 21.5 Å². The maximum atomic E-state index is 12.3. The first-order chi connectivity index (χ1) is 11.3. The molecule has 2 aromatic carbocycles. The molecule has 0 aliphatic carbocycles. The van der Waals surface area contributed by atoms with Gasteiger partial charge in [0.25, 0.3) is 11.6 Å². The Labute approximate surface area is 146 Å². The van der Waals surface area contributed by atoms with Crippen molar-refractivity contribution in [3.8, 4) is 0 Å². The van der Waals surface area contributed by atoms with Crippen LogP contribution in [0.2, 0.25) is 5.02 Å². The van der Waals surface area contributed by atoms with Crippen LogP contribution in [-0.2, 0) is 0 Å². The van der Waals surface area contributed by atoms with Crippen molar-refractivity contribution in [2.75, 3.05) is 5.32 Å². The summed E-state index contributed by atoms with van der Waals surface area (Å²) >= 11 is 7.35. The van der Waals surface area contributed by atoms with Gasteiger partial charge in [-0.1, -0.05) is 29.0 Å². The summed E-state index contributed by atoms with van der Waals surface area (Å²) < 4.78 is 0.984. The predicted molar refractivity (Wildman–Crippen MR) is 95.2 cm³/mol. The molecule has 1 heterocycles. The Morgan fingerprint density at radius 2 is 2.04 bits per heavy atom. The zero-order valence-corrected chi connectivity index (χ0v) is 14.4. The number of thiazole rings is 1. The van der Waals surface area contributed by atoms with Gasteiger partial charge in [0.05, 0.1) is 25.7 Å². The van der Waals surface area contributed by atoms with E-state index in [1.54, 1.807) is 0 Å². The molecule has 0 saturated heterocycles. The molecule has 0 unspecified atom stereocenters. The number of carbonyl (C=O) groups excluding carboxylic acids is 1. The fourth-order valence-corrected chi connectivity index (χ4v) is 3.69. The second kappa shape index (κ2) is 6.18. The first-order valence-corrected chi connectivity index (χ1v) is 8.17. The number of carbonyl (C=O) groups is 1. The summed E-state index contributed by atoms with van der Waals surface area (Å²) in [4.78, 5) is 26.9. The Balaban J connectivity index is 1.90. The fraction of sp³-hybridized carbons (Fsp3) is 0.125. The van der Waals surface area contributed by atoms with Crippen LogP contribution >= 0.6 is 22.9 Å². The van der Waals surface area contributed by atoms with Gasteiger partial charge < -0.3 is 0 Å². The molecule has 1 amide bonds. The van der Waals surface area contributed by atoms with Gasteiger partial charge in [-0.3, -0.25) is 20.2 Å². The quantitative estimate of drug-likeness (QED) is 0.540. The Morgan fingerprint density at radius 1 is 1.29 bits per heavy atom. The molecule has 122 valence electrons. The van der Waals surface area contributed by atoms with Gasteiger partial charge >= 0.3 is 0 Å². The van der Waals surface area contributed by atoms with Crippen LogP contribution in [0, 0.1) is 24.0 Å². The average Bonchev–Trinajstić information content (AvgIpc) is 2.89. The number of halogens is 1. The van der Waals surface area contributed by atoms with Gasteiger partial charge in [0, 0.05) is 12.1 Å². The highest BCUT2D eigenvalue weighted by Crippen LogP contribution is 2.30. The van der Waals surface area contributed by atoms with Crippen LogP contribution in [0.4, 0.5) is 10.8 Å². The number of nitro groups is 1. The molecule has 0 atom stereocenters. The molecule has 0 spiro atoms. The molecule has 0 aliphatic rings. The highest BCUT2D eigenvalue weighted by molar-refractivity contribution is 7.22. The van der Waals surface area contributed by atoms with E-state index < -0.39 is 10.8 Å². The lowest BCUT2D eigenvalue weighted by atomic mass is 10.1. The summed E-state index contributed by atoms with van der Waals surface area (Å²) in [6.45, 7) is 3.97.